The van der Waals surface area contributed by atoms with Crippen molar-refractivity contribution in [1.82, 2.24) is 10.2 Å². The summed E-state index contributed by atoms with van der Waals surface area (Å²) >= 11 is 0. The lowest BCUT2D eigenvalue weighted by atomic mass is 9.72. The lowest BCUT2D eigenvalue weighted by molar-refractivity contribution is -0.136. The summed E-state index contributed by atoms with van der Waals surface area (Å²) in [7, 11) is 1.71. The number of amides is 1. The summed E-state index contributed by atoms with van der Waals surface area (Å²) in [6, 6.07) is 0. The first-order valence-electron chi connectivity index (χ1n) is 5.81. The molecular formula is C12H24N2O. The Bertz CT molecular complexity index is 240. The van der Waals surface area contributed by atoms with E-state index in [-0.39, 0.29) is 16.9 Å². The van der Waals surface area contributed by atoms with E-state index in [9.17, 15) is 4.79 Å². The summed E-state index contributed by atoms with van der Waals surface area (Å²) in [4.78, 5) is 14.3. The summed E-state index contributed by atoms with van der Waals surface area (Å²) in [6.45, 7) is 10.6. The first-order valence-corrected chi connectivity index (χ1v) is 5.81. The van der Waals surface area contributed by atoms with Crippen LogP contribution in [0.2, 0.25) is 0 Å². The molecule has 0 unspecified atom stereocenters. The Balaban J connectivity index is 2.87. The number of carbonyl (C=O) groups is 1. The minimum Gasteiger partial charge on any atom is -0.359 e. The number of nitrogens with one attached hydrogen (secondary N) is 1. The highest BCUT2D eigenvalue weighted by Crippen LogP contribution is 2.37. The molecule has 1 saturated heterocycles. The topological polar surface area (TPSA) is 32.3 Å². The smallest absolute Gasteiger partial charge is 0.227 e. The number of nitrogens with zero attached hydrogens (tertiary/aromatic N) is 1. The van der Waals surface area contributed by atoms with Gasteiger partial charge in [0.15, 0.2) is 0 Å². The second-order valence-corrected chi connectivity index (χ2v) is 5.46. The van der Waals surface area contributed by atoms with Crippen molar-refractivity contribution < 1.29 is 4.79 Å². The highest BCUT2D eigenvalue weighted by molar-refractivity contribution is 5.83. The highest BCUT2D eigenvalue weighted by atomic mass is 16.2. The van der Waals surface area contributed by atoms with Gasteiger partial charge in [-0.3, -0.25) is 9.69 Å². The quantitative estimate of drug-likeness (QED) is 0.771. The molecule has 1 aliphatic rings. The van der Waals surface area contributed by atoms with Gasteiger partial charge in [0.2, 0.25) is 5.91 Å². The van der Waals surface area contributed by atoms with Crippen molar-refractivity contribution in [1.29, 1.82) is 0 Å². The van der Waals surface area contributed by atoms with Gasteiger partial charge in [-0.1, -0.05) is 0 Å². The summed E-state index contributed by atoms with van der Waals surface area (Å²) in [6.07, 6.45) is 2.51. The summed E-state index contributed by atoms with van der Waals surface area (Å²) < 4.78 is 0. The minimum atomic E-state index is -0.355. The molecule has 15 heavy (non-hydrogen) atoms. The minimum absolute atomic E-state index is 0.0798. The predicted octanol–water partition coefficient (Wildman–Crippen LogP) is 1.63. The fraction of sp³-hybridized carbons (Fsp3) is 0.917. The third-order valence-electron chi connectivity index (χ3n) is 4.22. The van der Waals surface area contributed by atoms with Crippen LogP contribution in [0.4, 0.5) is 0 Å². The van der Waals surface area contributed by atoms with Crippen LogP contribution in [-0.2, 0) is 4.79 Å². The van der Waals surface area contributed by atoms with Gasteiger partial charge in [-0.15, -0.1) is 0 Å². The third-order valence-corrected chi connectivity index (χ3v) is 4.22. The van der Waals surface area contributed by atoms with E-state index in [1.165, 1.54) is 12.8 Å². The zero-order valence-corrected chi connectivity index (χ0v) is 10.7. The largest absolute Gasteiger partial charge is 0.359 e. The van der Waals surface area contributed by atoms with E-state index in [1.807, 2.05) is 13.8 Å². The summed E-state index contributed by atoms with van der Waals surface area (Å²) in [5.41, 5.74) is -0.435. The van der Waals surface area contributed by atoms with Crippen LogP contribution in [0, 0.1) is 5.41 Å². The van der Waals surface area contributed by atoms with E-state index in [0.29, 0.717) is 0 Å². The van der Waals surface area contributed by atoms with Gasteiger partial charge >= 0.3 is 0 Å². The van der Waals surface area contributed by atoms with Crippen molar-refractivity contribution >= 4 is 5.91 Å². The van der Waals surface area contributed by atoms with Crippen LogP contribution in [0.1, 0.15) is 40.5 Å². The Hall–Kier alpha value is -0.570. The fourth-order valence-electron chi connectivity index (χ4n) is 2.26. The molecule has 3 nitrogen and oxygen atoms in total. The van der Waals surface area contributed by atoms with E-state index in [4.69, 9.17) is 0 Å². The molecule has 1 amide bonds. The lowest BCUT2D eigenvalue weighted by Gasteiger charge is -2.46. The second-order valence-electron chi connectivity index (χ2n) is 5.46. The number of likely N-dealkylation sites (tertiary alicyclic amines) is 1. The van der Waals surface area contributed by atoms with Crippen LogP contribution in [-0.4, -0.2) is 36.5 Å². The van der Waals surface area contributed by atoms with Gasteiger partial charge in [-0.25, -0.2) is 0 Å². The first-order chi connectivity index (χ1) is 6.84. The Morgan fingerprint density at radius 2 is 1.60 bits per heavy atom. The van der Waals surface area contributed by atoms with Crippen molar-refractivity contribution in [3.05, 3.63) is 0 Å². The molecule has 1 fully saturated rings. The monoisotopic (exact) mass is 212 g/mol. The van der Waals surface area contributed by atoms with Gasteiger partial charge < -0.3 is 5.32 Å². The van der Waals surface area contributed by atoms with Crippen LogP contribution >= 0.6 is 0 Å². The second kappa shape index (κ2) is 4.12. The maximum Gasteiger partial charge on any atom is 0.227 e. The van der Waals surface area contributed by atoms with E-state index in [0.717, 1.165) is 13.1 Å². The molecule has 0 saturated carbocycles. The van der Waals surface area contributed by atoms with E-state index < -0.39 is 0 Å². The fourth-order valence-corrected chi connectivity index (χ4v) is 2.26. The highest BCUT2D eigenvalue weighted by Gasteiger charge is 2.46. The van der Waals surface area contributed by atoms with Gasteiger partial charge in [0, 0.05) is 12.6 Å². The predicted molar refractivity (Wildman–Crippen MR) is 62.7 cm³/mol. The summed E-state index contributed by atoms with van der Waals surface area (Å²) in [5, 5.41) is 2.77. The molecule has 0 bridgehead atoms. The number of hydrogen-bond acceptors (Lipinski definition) is 2. The van der Waals surface area contributed by atoms with Gasteiger partial charge in [0.25, 0.3) is 0 Å². The standard InChI is InChI=1S/C12H24N2O/c1-11(2,10(15)13-5)12(3,4)14-8-6-7-9-14/h6-9H2,1-5H3,(H,13,15). The molecule has 88 valence electrons. The van der Waals surface area contributed by atoms with Crippen LogP contribution in [0.15, 0.2) is 0 Å². The maximum atomic E-state index is 11.9. The zero-order valence-electron chi connectivity index (χ0n) is 10.7. The first kappa shape index (κ1) is 12.5. The molecule has 0 radical (unpaired) electrons. The zero-order chi connectivity index (χ0) is 11.7. The Kier molecular flexibility index (Phi) is 3.44. The molecule has 0 aromatic heterocycles. The molecule has 0 aromatic carbocycles. The van der Waals surface area contributed by atoms with Gasteiger partial charge in [0.05, 0.1) is 5.41 Å². The molecular weight excluding hydrogens is 188 g/mol. The van der Waals surface area contributed by atoms with Crippen LogP contribution in [0.3, 0.4) is 0 Å². The lowest BCUT2D eigenvalue weighted by Crippen LogP contribution is -2.58. The summed E-state index contributed by atoms with van der Waals surface area (Å²) in [5.74, 6) is 0.124. The molecule has 0 aliphatic carbocycles. The third kappa shape index (κ3) is 2.03. The van der Waals surface area contributed by atoms with Gasteiger partial charge in [-0.05, 0) is 53.6 Å². The van der Waals surface area contributed by atoms with Gasteiger partial charge in [-0.2, -0.15) is 0 Å². The SMILES string of the molecule is CNC(=O)C(C)(C)C(C)(C)N1CCCC1. The van der Waals surface area contributed by atoms with Crippen LogP contribution < -0.4 is 5.32 Å². The molecule has 1 aliphatic heterocycles. The number of hydrogen-bond donors (Lipinski definition) is 1. The van der Waals surface area contributed by atoms with Gasteiger partial charge in [0.1, 0.15) is 0 Å². The van der Waals surface area contributed by atoms with Crippen molar-refractivity contribution in [2.75, 3.05) is 20.1 Å². The molecule has 1 heterocycles. The van der Waals surface area contributed by atoms with Crippen molar-refractivity contribution in [3.63, 3.8) is 0 Å². The van der Waals surface area contributed by atoms with Crippen LogP contribution in [0.5, 0.6) is 0 Å². The number of carbonyl (C=O) groups excluding carboxylic acids is 1. The average molecular weight is 212 g/mol. The molecule has 1 rings (SSSR count). The molecule has 0 aromatic rings. The number of rotatable bonds is 3. The Morgan fingerprint density at radius 3 is 2.00 bits per heavy atom. The average Bonchev–Trinajstić information content (AvgIpc) is 2.69. The Labute approximate surface area is 93.2 Å². The molecule has 0 spiro atoms. The Morgan fingerprint density at radius 1 is 1.13 bits per heavy atom. The van der Waals surface area contributed by atoms with E-state index in [1.54, 1.807) is 7.05 Å². The molecule has 3 heteroatoms. The van der Waals surface area contributed by atoms with E-state index in [2.05, 4.69) is 24.1 Å². The van der Waals surface area contributed by atoms with Crippen molar-refractivity contribution in [2.45, 2.75) is 46.1 Å². The maximum absolute atomic E-state index is 11.9. The van der Waals surface area contributed by atoms with E-state index >= 15 is 0 Å². The normalized spacial score (nSPS) is 19.3. The molecule has 0 atom stereocenters. The van der Waals surface area contributed by atoms with Crippen molar-refractivity contribution in [2.24, 2.45) is 5.41 Å². The van der Waals surface area contributed by atoms with Crippen molar-refractivity contribution in [3.8, 4) is 0 Å². The molecule has 1 N–H and O–H groups in total. The van der Waals surface area contributed by atoms with Crippen LogP contribution in [0.25, 0.3) is 0 Å².